The largest absolute Gasteiger partial charge is 0.496 e. The average Bonchev–Trinajstić information content (AvgIpc) is 3.55. The number of methoxy groups -OCH3 is 1. The van der Waals surface area contributed by atoms with Crippen molar-refractivity contribution in [1.29, 1.82) is 15.8 Å². The van der Waals surface area contributed by atoms with Gasteiger partial charge in [0.2, 0.25) is 0 Å². The van der Waals surface area contributed by atoms with Crippen LogP contribution in [0.25, 0.3) is 0 Å². The summed E-state index contributed by atoms with van der Waals surface area (Å²) in [5, 5.41) is 29.6. The second kappa shape index (κ2) is 6.55. The molecule has 4 rings (SSSR count). The summed E-state index contributed by atoms with van der Waals surface area (Å²) in [6.45, 7) is 0. The van der Waals surface area contributed by atoms with Gasteiger partial charge in [-0.3, -0.25) is 4.79 Å². The lowest BCUT2D eigenvalue weighted by atomic mass is 9.69. The van der Waals surface area contributed by atoms with Gasteiger partial charge in [-0.15, -0.1) is 0 Å². The van der Waals surface area contributed by atoms with E-state index in [0.717, 1.165) is 12.8 Å². The Morgan fingerprint density at radius 1 is 1.21 bits per heavy atom. The Kier molecular flexibility index (Phi) is 4.17. The first-order valence-corrected chi connectivity index (χ1v) is 9.18. The number of hydrogen-bond donors (Lipinski definition) is 0. The van der Waals surface area contributed by atoms with Crippen LogP contribution in [0.4, 0.5) is 0 Å². The van der Waals surface area contributed by atoms with Crippen molar-refractivity contribution >= 4 is 5.78 Å². The van der Waals surface area contributed by atoms with Crippen molar-refractivity contribution in [2.24, 2.45) is 11.3 Å². The predicted octanol–water partition coefficient (Wildman–Crippen LogP) is 2.82. The molecule has 1 aliphatic carbocycles. The number of ketones is 1. The molecule has 6 nitrogen and oxygen atoms in total. The number of nitrogens with zero attached hydrogens (tertiary/aromatic N) is 4. The molecule has 1 aromatic rings. The van der Waals surface area contributed by atoms with E-state index in [2.05, 4.69) is 18.2 Å². The van der Waals surface area contributed by atoms with Gasteiger partial charge in [0.1, 0.15) is 11.8 Å². The number of benzene rings is 1. The molecule has 2 heterocycles. The van der Waals surface area contributed by atoms with Crippen LogP contribution in [0.5, 0.6) is 5.75 Å². The summed E-state index contributed by atoms with van der Waals surface area (Å²) in [5.41, 5.74) is -0.408. The van der Waals surface area contributed by atoms with Crippen LogP contribution in [0, 0.1) is 45.3 Å². The van der Waals surface area contributed by atoms with Crippen LogP contribution in [0.2, 0.25) is 0 Å². The molecule has 1 saturated carbocycles. The van der Waals surface area contributed by atoms with E-state index in [4.69, 9.17) is 4.74 Å². The maximum Gasteiger partial charge on any atom is 0.176 e. The van der Waals surface area contributed by atoms with Crippen LogP contribution in [0.15, 0.2) is 48.2 Å². The highest BCUT2D eigenvalue weighted by Gasteiger charge is 2.63. The monoisotopic (exact) mass is 370 g/mol. The van der Waals surface area contributed by atoms with Crippen molar-refractivity contribution < 1.29 is 9.53 Å². The van der Waals surface area contributed by atoms with Gasteiger partial charge in [0.05, 0.1) is 36.9 Å². The zero-order valence-electron chi connectivity index (χ0n) is 15.4. The normalized spacial score (nSPS) is 27.0. The predicted molar refractivity (Wildman–Crippen MR) is 99.4 cm³/mol. The van der Waals surface area contributed by atoms with Gasteiger partial charge in [-0.25, -0.2) is 0 Å². The summed E-state index contributed by atoms with van der Waals surface area (Å²) in [7, 11) is 1.53. The minimum Gasteiger partial charge on any atom is -0.496 e. The highest BCUT2D eigenvalue weighted by Crippen LogP contribution is 2.55. The molecule has 3 aliphatic rings. The van der Waals surface area contributed by atoms with E-state index in [-0.39, 0.29) is 11.7 Å². The summed E-state index contributed by atoms with van der Waals surface area (Å²) >= 11 is 0. The Bertz CT molecular complexity index is 1000. The highest BCUT2D eigenvalue weighted by molar-refractivity contribution is 5.91. The second-order valence-corrected chi connectivity index (χ2v) is 7.38. The van der Waals surface area contributed by atoms with Gasteiger partial charge in [0, 0.05) is 23.6 Å². The van der Waals surface area contributed by atoms with Crippen LogP contribution < -0.4 is 4.74 Å². The fourth-order valence-electron chi connectivity index (χ4n) is 4.45. The fourth-order valence-corrected chi connectivity index (χ4v) is 4.45. The lowest BCUT2D eigenvalue weighted by Gasteiger charge is -2.30. The van der Waals surface area contributed by atoms with Crippen molar-refractivity contribution in [3.8, 4) is 24.0 Å². The number of fused-ring (bicyclic) bond motifs is 1. The van der Waals surface area contributed by atoms with E-state index >= 15 is 0 Å². The van der Waals surface area contributed by atoms with E-state index in [0.29, 0.717) is 16.9 Å². The van der Waals surface area contributed by atoms with E-state index in [1.54, 1.807) is 29.3 Å². The average molecular weight is 370 g/mol. The number of carbonyl (C=O) groups excluding carboxylic acids is 1. The SMILES string of the molecule is COc1ccccc1[C@H]1[C@@H](C(=O)C2CC2)N2C=C(C#N)C=C[C@@H]2C1(C#N)C#N. The van der Waals surface area contributed by atoms with Gasteiger partial charge >= 0.3 is 0 Å². The van der Waals surface area contributed by atoms with Gasteiger partial charge in [0.15, 0.2) is 11.2 Å². The highest BCUT2D eigenvalue weighted by atomic mass is 16.5. The number of carbonyl (C=O) groups is 1. The molecule has 1 aromatic carbocycles. The lowest BCUT2D eigenvalue weighted by molar-refractivity contribution is -0.124. The van der Waals surface area contributed by atoms with E-state index < -0.39 is 23.4 Å². The molecule has 3 atom stereocenters. The third-order valence-corrected chi connectivity index (χ3v) is 5.91. The molecule has 28 heavy (non-hydrogen) atoms. The summed E-state index contributed by atoms with van der Waals surface area (Å²) in [6, 6.07) is 12.5. The van der Waals surface area contributed by atoms with Crippen molar-refractivity contribution in [3.05, 3.63) is 53.8 Å². The number of allylic oxidation sites excluding steroid dienone is 2. The number of hydrogen-bond acceptors (Lipinski definition) is 6. The van der Waals surface area contributed by atoms with Crippen LogP contribution in [-0.2, 0) is 4.79 Å². The molecule has 0 unspecified atom stereocenters. The van der Waals surface area contributed by atoms with Crippen LogP contribution >= 0.6 is 0 Å². The minimum absolute atomic E-state index is 0.0251. The third-order valence-electron chi connectivity index (χ3n) is 5.91. The molecule has 0 radical (unpaired) electrons. The van der Waals surface area contributed by atoms with Crippen molar-refractivity contribution in [3.63, 3.8) is 0 Å². The van der Waals surface area contributed by atoms with Crippen molar-refractivity contribution in [1.82, 2.24) is 4.90 Å². The summed E-state index contributed by atoms with van der Waals surface area (Å²) in [4.78, 5) is 15.1. The molecule has 0 bridgehead atoms. The summed E-state index contributed by atoms with van der Waals surface area (Å²) < 4.78 is 5.51. The van der Waals surface area contributed by atoms with Gasteiger partial charge in [0.25, 0.3) is 0 Å². The first kappa shape index (κ1) is 17.8. The summed E-state index contributed by atoms with van der Waals surface area (Å²) in [5.74, 6) is -0.169. The molecule has 1 saturated heterocycles. The fraction of sp³-hybridized carbons (Fsp3) is 0.364. The third kappa shape index (κ3) is 2.41. The molecule has 0 aromatic heterocycles. The van der Waals surface area contributed by atoms with Crippen LogP contribution in [-0.4, -0.2) is 29.9 Å². The Balaban J connectivity index is 1.96. The number of rotatable bonds is 4. The Labute approximate surface area is 163 Å². The number of para-hydroxylation sites is 1. The molecular formula is C22H18N4O2. The van der Waals surface area contributed by atoms with Gasteiger partial charge in [-0.1, -0.05) is 24.3 Å². The van der Waals surface area contributed by atoms with E-state index in [9.17, 15) is 20.6 Å². The lowest BCUT2D eigenvalue weighted by Crippen LogP contribution is -2.40. The summed E-state index contributed by atoms with van der Waals surface area (Å²) in [6.07, 6.45) is 6.59. The molecule has 0 N–H and O–H groups in total. The number of nitriles is 3. The molecule has 0 amide bonds. The molecule has 2 aliphatic heterocycles. The molecule has 138 valence electrons. The topological polar surface area (TPSA) is 101 Å². The first-order chi connectivity index (χ1) is 13.6. The van der Waals surface area contributed by atoms with Crippen LogP contribution in [0.1, 0.15) is 24.3 Å². The number of Topliss-reactive ketones (excluding diaryl/α,β-unsaturated/α-hetero) is 1. The quantitative estimate of drug-likeness (QED) is 0.808. The second-order valence-electron chi connectivity index (χ2n) is 7.38. The van der Waals surface area contributed by atoms with Crippen molar-refractivity contribution in [2.75, 3.05) is 7.11 Å². The number of ether oxygens (including phenoxy) is 1. The van der Waals surface area contributed by atoms with Gasteiger partial charge < -0.3 is 9.64 Å². The standard InChI is InChI=1S/C22H18N4O2/c1-28-17-5-3-2-4-16(17)19-20(21(27)15-7-8-15)26-11-14(10-23)6-9-18(26)22(19,12-24)13-25/h2-6,9,11,15,18-20H,7-8H2,1H3/t18-,19+,20+/m1/s1. The zero-order valence-corrected chi connectivity index (χ0v) is 15.4. The molecule has 2 fully saturated rings. The van der Waals surface area contributed by atoms with E-state index in [1.807, 2.05) is 18.2 Å². The molecule has 6 heteroatoms. The van der Waals surface area contributed by atoms with E-state index in [1.165, 1.54) is 7.11 Å². The van der Waals surface area contributed by atoms with Crippen molar-refractivity contribution in [2.45, 2.75) is 30.8 Å². The Morgan fingerprint density at radius 2 is 1.93 bits per heavy atom. The zero-order chi connectivity index (χ0) is 19.9. The Hall–Kier alpha value is -3.56. The maximum atomic E-state index is 13.3. The minimum atomic E-state index is -1.47. The maximum absolute atomic E-state index is 13.3. The Morgan fingerprint density at radius 3 is 2.54 bits per heavy atom. The molecule has 0 spiro atoms. The smallest absolute Gasteiger partial charge is 0.176 e. The first-order valence-electron chi connectivity index (χ1n) is 9.18. The van der Waals surface area contributed by atoms with Gasteiger partial charge in [-0.05, 0) is 25.0 Å². The van der Waals surface area contributed by atoms with Crippen LogP contribution in [0.3, 0.4) is 0 Å². The molecular weight excluding hydrogens is 352 g/mol. The van der Waals surface area contributed by atoms with Gasteiger partial charge in [-0.2, -0.15) is 15.8 Å².